The molecule has 5 nitrogen and oxygen atoms in total. The lowest BCUT2D eigenvalue weighted by Crippen LogP contribution is -2.03. The number of alkyl halides is 3. The topological polar surface area (TPSA) is 79.7 Å². The van der Waals surface area contributed by atoms with Crippen LogP contribution in [0.4, 0.5) is 13.2 Å². The third-order valence-electron chi connectivity index (χ3n) is 3.61. The second-order valence-corrected chi connectivity index (χ2v) is 6.46. The van der Waals surface area contributed by atoms with Gasteiger partial charge in [-0.3, -0.25) is 0 Å². The van der Waals surface area contributed by atoms with E-state index in [0.29, 0.717) is 16.1 Å². The molecule has 0 aliphatic heterocycles. The zero-order valence-corrected chi connectivity index (χ0v) is 14.3. The number of carboxylic acid groups (broad SMARTS) is 1. The second kappa shape index (κ2) is 7.37. The number of carbonyl (C=O) groups is 1. The number of nitrogens with zero attached hydrogens (tertiary/aromatic N) is 1. The molecule has 0 bridgehead atoms. The lowest BCUT2D eigenvalue weighted by Gasteiger charge is -2.07. The average Bonchev–Trinajstić information content (AvgIpc) is 3.04. The molecule has 2 N–H and O–H groups in total. The number of aliphatic hydroxyl groups excluding tert-OH is 1. The van der Waals surface area contributed by atoms with E-state index < -0.39 is 17.7 Å². The Morgan fingerprint density at radius 2 is 1.70 bits per heavy atom. The number of halogens is 3. The van der Waals surface area contributed by atoms with E-state index in [2.05, 4.69) is 4.98 Å². The molecule has 0 spiro atoms. The third-order valence-corrected chi connectivity index (χ3v) is 4.53. The maximum Gasteiger partial charge on any atom is 0.416 e. The smallest absolute Gasteiger partial charge is 0.416 e. The van der Waals surface area contributed by atoms with Crippen LogP contribution in [-0.4, -0.2) is 21.2 Å². The van der Waals surface area contributed by atoms with Crippen molar-refractivity contribution in [3.8, 4) is 22.2 Å². The van der Waals surface area contributed by atoms with Gasteiger partial charge < -0.3 is 14.9 Å². The van der Waals surface area contributed by atoms with Crippen LogP contribution in [0.1, 0.15) is 20.8 Å². The molecule has 0 fully saturated rings. The number of aromatic nitrogens is 1. The summed E-state index contributed by atoms with van der Waals surface area (Å²) < 4.78 is 43.3. The molecule has 0 amide bonds. The van der Waals surface area contributed by atoms with Crippen LogP contribution in [0.2, 0.25) is 0 Å². The first-order valence-corrected chi connectivity index (χ1v) is 8.39. The summed E-state index contributed by atoms with van der Waals surface area (Å²) >= 11 is 1.05. The average molecular weight is 395 g/mol. The van der Waals surface area contributed by atoms with Crippen molar-refractivity contribution in [2.75, 3.05) is 0 Å². The van der Waals surface area contributed by atoms with Gasteiger partial charge >= 0.3 is 12.1 Å². The minimum absolute atomic E-state index is 0.112. The summed E-state index contributed by atoms with van der Waals surface area (Å²) in [7, 11) is 0. The highest BCUT2D eigenvalue weighted by molar-refractivity contribution is 7.13. The predicted octanol–water partition coefficient (Wildman–Crippen LogP) is 4.81. The Labute approximate surface area is 155 Å². The summed E-state index contributed by atoms with van der Waals surface area (Å²) in [4.78, 5) is 15.7. The first-order valence-electron chi connectivity index (χ1n) is 7.57. The van der Waals surface area contributed by atoms with Crippen LogP contribution in [0.3, 0.4) is 0 Å². The molecule has 1 aromatic heterocycles. The van der Waals surface area contributed by atoms with E-state index in [1.165, 1.54) is 24.3 Å². The molecule has 0 atom stereocenters. The molecule has 0 radical (unpaired) electrons. The molecule has 3 rings (SSSR count). The summed E-state index contributed by atoms with van der Waals surface area (Å²) in [5, 5.41) is 18.6. The lowest BCUT2D eigenvalue weighted by atomic mass is 10.1. The van der Waals surface area contributed by atoms with Gasteiger partial charge in [0.2, 0.25) is 0 Å². The molecule has 0 saturated heterocycles. The number of rotatable bonds is 5. The predicted molar refractivity (Wildman–Crippen MR) is 92.0 cm³/mol. The fourth-order valence-electron chi connectivity index (χ4n) is 2.29. The number of ether oxygens (including phenoxy) is 1. The first kappa shape index (κ1) is 18.9. The van der Waals surface area contributed by atoms with Crippen molar-refractivity contribution in [2.24, 2.45) is 0 Å². The van der Waals surface area contributed by atoms with E-state index in [-0.39, 0.29) is 23.1 Å². The molecular weight excluding hydrogens is 383 g/mol. The fraction of sp³-hybridized carbons (Fsp3) is 0.111. The first-order chi connectivity index (χ1) is 12.8. The van der Waals surface area contributed by atoms with Gasteiger partial charge in [0.25, 0.3) is 5.19 Å². The molecule has 9 heteroatoms. The van der Waals surface area contributed by atoms with Gasteiger partial charge in [-0.25, -0.2) is 9.78 Å². The van der Waals surface area contributed by atoms with Crippen molar-refractivity contribution in [1.82, 2.24) is 4.98 Å². The van der Waals surface area contributed by atoms with Gasteiger partial charge in [-0.05, 0) is 36.4 Å². The SMILES string of the molecule is O=C(O)c1ccc(-c2nc(Oc3ccc(C(F)(F)F)cc3)sc2CO)cc1. The monoisotopic (exact) mass is 395 g/mol. The number of aromatic carboxylic acids is 1. The van der Waals surface area contributed by atoms with Gasteiger partial charge in [0, 0.05) is 5.56 Å². The van der Waals surface area contributed by atoms with Crippen LogP contribution in [0.15, 0.2) is 48.5 Å². The van der Waals surface area contributed by atoms with Gasteiger partial charge in [-0.2, -0.15) is 13.2 Å². The van der Waals surface area contributed by atoms with E-state index in [9.17, 15) is 23.1 Å². The largest absolute Gasteiger partial charge is 0.478 e. The van der Waals surface area contributed by atoms with Gasteiger partial charge in [0.1, 0.15) is 5.75 Å². The maximum absolute atomic E-state index is 12.6. The van der Waals surface area contributed by atoms with Crippen molar-refractivity contribution in [1.29, 1.82) is 0 Å². The highest BCUT2D eigenvalue weighted by atomic mass is 32.1. The van der Waals surface area contributed by atoms with Gasteiger partial charge in [0.15, 0.2) is 0 Å². The van der Waals surface area contributed by atoms with Crippen molar-refractivity contribution in [3.05, 3.63) is 64.5 Å². The third kappa shape index (κ3) is 4.26. The summed E-state index contributed by atoms with van der Waals surface area (Å²) in [6, 6.07) is 10.1. The van der Waals surface area contributed by atoms with Crippen LogP contribution in [-0.2, 0) is 12.8 Å². The van der Waals surface area contributed by atoms with E-state index in [4.69, 9.17) is 9.84 Å². The minimum atomic E-state index is -4.43. The number of benzene rings is 2. The molecule has 0 aliphatic rings. The highest BCUT2D eigenvalue weighted by Crippen LogP contribution is 2.36. The Kier molecular flexibility index (Phi) is 5.15. The van der Waals surface area contributed by atoms with Crippen LogP contribution < -0.4 is 4.74 Å². The maximum atomic E-state index is 12.6. The summed E-state index contributed by atoms with van der Waals surface area (Å²) in [5.74, 6) is -0.887. The second-order valence-electron chi connectivity index (χ2n) is 5.42. The van der Waals surface area contributed by atoms with Crippen LogP contribution in [0.5, 0.6) is 10.9 Å². The number of thiazole rings is 1. The molecule has 0 saturated carbocycles. The van der Waals surface area contributed by atoms with E-state index in [1.807, 2.05) is 0 Å². The van der Waals surface area contributed by atoms with Crippen molar-refractivity contribution in [2.45, 2.75) is 12.8 Å². The van der Waals surface area contributed by atoms with E-state index in [0.717, 1.165) is 23.5 Å². The lowest BCUT2D eigenvalue weighted by molar-refractivity contribution is -0.137. The number of aliphatic hydroxyl groups is 1. The van der Waals surface area contributed by atoms with Crippen LogP contribution in [0, 0.1) is 0 Å². The van der Waals surface area contributed by atoms with E-state index >= 15 is 0 Å². The molecule has 3 aromatic rings. The number of carboxylic acids is 1. The molecule has 0 unspecified atom stereocenters. The Bertz CT molecular complexity index is 950. The summed E-state index contributed by atoms with van der Waals surface area (Å²) in [5.41, 5.74) is 0.328. The van der Waals surface area contributed by atoms with Gasteiger partial charge in [0.05, 0.1) is 28.3 Å². The molecule has 1 heterocycles. The molecule has 27 heavy (non-hydrogen) atoms. The Morgan fingerprint density at radius 3 is 2.22 bits per heavy atom. The number of hydrogen-bond donors (Lipinski definition) is 2. The van der Waals surface area contributed by atoms with Crippen molar-refractivity contribution >= 4 is 17.3 Å². The molecule has 0 aliphatic carbocycles. The zero-order valence-electron chi connectivity index (χ0n) is 13.5. The molecule has 140 valence electrons. The molecule has 2 aromatic carbocycles. The Hall–Kier alpha value is -2.91. The summed E-state index contributed by atoms with van der Waals surface area (Å²) in [6.07, 6.45) is -4.43. The quantitative estimate of drug-likeness (QED) is 0.648. The van der Waals surface area contributed by atoms with Crippen molar-refractivity contribution < 1.29 is 32.9 Å². The minimum Gasteiger partial charge on any atom is -0.478 e. The van der Waals surface area contributed by atoms with Crippen LogP contribution in [0.25, 0.3) is 11.3 Å². The normalized spacial score (nSPS) is 11.4. The van der Waals surface area contributed by atoms with Gasteiger partial charge in [-0.15, -0.1) is 0 Å². The highest BCUT2D eigenvalue weighted by Gasteiger charge is 2.30. The summed E-state index contributed by atoms with van der Waals surface area (Å²) in [6.45, 7) is -0.315. The Morgan fingerprint density at radius 1 is 1.07 bits per heavy atom. The van der Waals surface area contributed by atoms with Gasteiger partial charge in [-0.1, -0.05) is 23.5 Å². The van der Waals surface area contributed by atoms with Crippen molar-refractivity contribution in [3.63, 3.8) is 0 Å². The zero-order chi connectivity index (χ0) is 19.6. The standard InChI is InChI=1S/C18H12F3NO4S/c19-18(20,21)12-5-7-13(8-6-12)26-17-22-15(14(9-23)27-17)10-1-3-11(4-2-10)16(24)25/h1-8,23H,9H2,(H,24,25). The fourth-order valence-corrected chi connectivity index (χ4v) is 3.10. The number of hydrogen-bond acceptors (Lipinski definition) is 5. The van der Waals surface area contributed by atoms with Crippen LogP contribution >= 0.6 is 11.3 Å². The Balaban J connectivity index is 1.85. The molecular formula is C18H12F3NO4S. The van der Waals surface area contributed by atoms with E-state index in [1.54, 1.807) is 12.1 Å².